The van der Waals surface area contributed by atoms with Crippen LogP contribution in [0.15, 0.2) is 60.8 Å². The maximum atomic E-state index is 11.5. The van der Waals surface area contributed by atoms with Crippen molar-refractivity contribution in [2.45, 2.75) is 45.6 Å². The van der Waals surface area contributed by atoms with E-state index in [4.69, 9.17) is 0 Å². The van der Waals surface area contributed by atoms with Crippen LogP contribution in [0.3, 0.4) is 0 Å². The van der Waals surface area contributed by atoms with Crippen molar-refractivity contribution in [3.8, 4) is 0 Å². The van der Waals surface area contributed by atoms with Gasteiger partial charge in [0, 0.05) is 12.6 Å². The first-order valence-corrected chi connectivity index (χ1v) is 7.79. The van der Waals surface area contributed by atoms with Gasteiger partial charge in [0.1, 0.15) is 0 Å². The van der Waals surface area contributed by atoms with Crippen LogP contribution in [0.5, 0.6) is 0 Å². The van der Waals surface area contributed by atoms with E-state index in [1.165, 1.54) is 6.08 Å². The minimum atomic E-state index is -0.840. The van der Waals surface area contributed by atoms with Crippen molar-refractivity contribution in [3.63, 3.8) is 0 Å². The van der Waals surface area contributed by atoms with Gasteiger partial charge in [0.05, 0.1) is 5.60 Å². The summed E-state index contributed by atoms with van der Waals surface area (Å²) in [4.78, 5) is 11.5. The van der Waals surface area contributed by atoms with Crippen LogP contribution in [-0.4, -0.2) is 23.2 Å². The van der Waals surface area contributed by atoms with E-state index in [2.05, 4.69) is 11.4 Å². The lowest BCUT2D eigenvalue weighted by atomic mass is 10.0. The van der Waals surface area contributed by atoms with Crippen molar-refractivity contribution >= 4 is 5.91 Å². The highest BCUT2D eigenvalue weighted by molar-refractivity contribution is 5.87. The molecule has 1 atom stereocenters. The molecule has 0 spiro atoms. The van der Waals surface area contributed by atoms with Crippen molar-refractivity contribution in [1.82, 2.24) is 5.32 Å². The zero-order valence-corrected chi connectivity index (χ0v) is 14.0. The van der Waals surface area contributed by atoms with Gasteiger partial charge in [-0.05, 0) is 33.1 Å². The summed E-state index contributed by atoms with van der Waals surface area (Å²) in [7, 11) is 0. The van der Waals surface area contributed by atoms with E-state index in [1.54, 1.807) is 13.0 Å². The number of hydrogen-bond acceptors (Lipinski definition) is 2. The number of unbranched alkanes of at least 4 members (excludes halogenated alkanes) is 1. The first-order valence-electron chi connectivity index (χ1n) is 7.79. The van der Waals surface area contributed by atoms with Crippen LogP contribution in [0.1, 0.15) is 40.0 Å². The molecule has 122 valence electrons. The monoisotopic (exact) mass is 303 g/mol. The van der Waals surface area contributed by atoms with Crippen molar-refractivity contribution in [2.24, 2.45) is 0 Å². The number of aliphatic hydroxyl groups is 1. The Morgan fingerprint density at radius 1 is 1.05 bits per heavy atom. The summed E-state index contributed by atoms with van der Waals surface area (Å²) in [6.07, 6.45) is 21.7. The average Bonchev–Trinajstić information content (AvgIpc) is 2.50. The highest BCUT2D eigenvalue weighted by atomic mass is 16.3. The van der Waals surface area contributed by atoms with Gasteiger partial charge in [0.25, 0.3) is 0 Å². The molecule has 0 aromatic heterocycles. The van der Waals surface area contributed by atoms with Crippen molar-refractivity contribution in [2.75, 3.05) is 6.54 Å². The maximum absolute atomic E-state index is 11.5. The predicted octanol–water partition coefficient (Wildman–Crippen LogP) is 3.84. The normalized spacial score (nSPS) is 15.6. The van der Waals surface area contributed by atoms with Gasteiger partial charge in [0.15, 0.2) is 0 Å². The van der Waals surface area contributed by atoms with Crippen LogP contribution in [-0.2, 0) is 4.79 Å². The van der Waals surface area contributed by atoms with Gasteiger partial charge in [-0.15, -0.1) is 0 Å². The van der Waals surface area contributed by atoms with E-state index in [1.807, 2.05) is 56.4 Å². The van der Waals surface area contributed by atoms with Crippen molar-refractivity contribution in [3.05, 3.63) is 60.8 Å². The topological polar surface area (TPSA) is 49.3 Å². The highest BCUT2D eigenvalue weighted by Gasteiger charge is 2.17. The molecule has 0 bridgehead atoms. The Labute approximate surface area is 134 Å². The van der Waals surface area contributed by atoms with Gasteiger partial charge in [0.2, 0.25) is 5.91 Å². The maximum Gasteiger partial charge on any atom is 0.244 e. The van der Waals surface area contributed by atoms with Crippen LogP contribution >= 0.6 is 0 Å². The van der Waals surface area contributed by atoms with Crippen LogP contribution in [0.25, 0.3) is 0 Å². The molecule has 0 rings (SSSR count). The molecule has 0 aliphatic carbocycles. The van der Waals surface area contributed by atoms with Crippen LogP contribution < -0.4 is 5.32 Å². The summed E-state index contributed by atoms with van der Waals surface area (Å²) in [6, 6.07) is 0. The number of allylic oxidation sites excluding steroid dienone is 9. The second-order valence-corrected chi connectivity index (χ2v) is 5.27. The second kappa shape index (κ2) is 12.8. The average molecular weight is 303 g/mol. The molecule has 3 heteroatoms. The molecule has 0 aromatic rings. The van der Waals surface area contributed by atoms with E-state index in [0.29, 0.717) is 6.42 Å². The molecule has 0 aromatic carbocycles. The predicted molar refractivity (Wildman–Crippen MR) is 94.5 cm³/mol. The molecular formula is C19H29NO2. The lowest BCUT2D eigenvalue weighted by Crippen LogP contribution is -2.39. The molecule has 1 unspecified atom stereocenters. The molecule has 0 radical (unpaired) electrons. The third kappa shape index (κ3) is 13.1. The molecule has 0 heterocycles. The van der Waals surface area contributed by atoms with E-state index in [9.17, 15) is 9.90 Å². The number of nitrogens with one attached hydrogen (secondary N) is 1. The number of amides is 1. The fraction of sp³-hybridized carbons (Fsp3) is 0.421. The summed E-state index contributed by atoms with van der Waals surface area (Å²) >= 11 is 0. The smallest absolute Gasteiger partial charge is 0.244 e. The Hall–Kier alpha value is -1.87. The zero-order chi connectivity index (χ0) is 16.7. The van der Waals surface area contributed by atoms with E-state index >= 15 is 0 Å². The Kier molecular flexibility index (Phi) is 11.7. The van der Waals surface area contributed by atoms with Gasteiger partial charge >= 0.3 is 0 Å². The van der Waals surface area contributed by atoms with E-state index in [0.717, 1.165) is 12.8 Å². The van der Waals surface area contributed by atoms with Gasteiger partial charge in [-0.1, -0.05) is 61.6 Å². The lowest BCUT2D eigenvalue weighted by Gasteiger charge is -2.20. The summed E-state index contributed by atoms with van der Waals surface area (Å²) in [6.45, 7) is 5.84. The quantitative estimate of drug-likeness (QED) is 0.366. The molecule has 22 heavy (non-hydrogen) atoms. The largest absolute Gasteiger partial charge is 0.388 e. The first kappa shape index (κ1) is 20.1. The van der Waals surface area contributed by atoms with Crippen LogP contribution in [0.4, 0.5) is 0 Å². The lowest BCUT2D eigenvalue weighted by molar-refractivity contribution is -0.117. The summed E-state index contributed by atoms with van der Waals surface area (Å²) in [5, 5.41) is 12.4. The van der Waals surface area contributed by atoms with Gasteiger partial charge < -0.3 is 10.4 Å². The Bertz CT molecular complexity index is 440. The molecule has 1 amide bonds. The molecule has 0 saturated carbocycles. The second-order valence-electron chi connectivity index (χ2n) is 5.27. The Morgan fingerprint density at radius 3 is 2.23 bits per heavy atom. The summed E-state index contributed by atoms with van der Waals surface area (Å²) < 4.78 is 0. The number of hydrogen-bond donors (Lipinski definition) is 2. The third-order valence-electron chi connectivity index (χ3n) is 3.06. The Balaban J connectivity index is 3.81. The van der Waals surface area contributed by atoms with Crippen molar-refractivity contribution < 1.29 is 9.90 Å². The minimum Gasteiger partial charge on any atom is -0.388 e. The zero-order valence-electron chi connectivity index (χ0n) is 14.0. The number of carbonyl (C=O) groups excluding carboxylic acids is 1. The number of rotatable bonds is 10. The summed E-state index contributed by atoms with van der Waals surface area (Å²) in [5.41, 5.74) is -0.840. The molecule has 0 aliphatic heterocycles. The molecule has 0 fully saturated rings. The fourth-order valence-corrected chi connectivity index (χ4v) is 1.39. The summed E-state index contributed by atoms with van der Waals surface area (Å²) in [5.74, 6) is -0.188. The number of carbonyl (C=O) groups is 1. The van der Waals surface area contributed by atoms with Gasteiger partial charge in [-0.3, -0.25) is 4.79 Å². The first-order chi connectivity index (χ1) is 10.5. The molecular weight excluding hydrogens is 274 g/mol. The van der Waals surface area contributed by atoms with E-state index in [-0.39, 0.29) is 12.5 Å². The van der Waals surface area contributed by atoms with Crippen LogP contribution in [0, 0.1) is 0 Å². The molecule has 0 saturated heterocycles. The third-order valence-corrected chi connectivity index (χ3v) is 3.06. The van der Waals surface area contributed by atoms with Gasteiger partial charge in [-0.2, -0.15) is 0 Å². The van der Waals surface area contributed by atoms with E-state index < -0.39 is 5.60 Å². The van der Waals surface area contributed by atoms with Crippen molar-refractivity contribution in [1.29, 1.82) is 0 Å². The standard InChI is InChI=1S/C19H29NO2/c1-4-6-7-8-9-10-11-12-13-14-15-16-18(21)20-17-19(3,22)5-2/h4,6-10,13-16,22H,5,11-12,17H2,1-3H3,(H,20,21). The van der Waals surface area contributed by atoms with Gasteiger partial charge in [-0.25, -0.2) is 0 Å². The molecule has 3 nitrogen and oxygen atoms in total. The fourth-order valence-electron chi connectivity index (χ4n) is 1.39. The minimum absolute atomic E-state index is 0.188. The Morgan fingerprint density at radius 2 is 1.64 bits per heavy atom. The van der Waals surface area contributed by atoms with Crippen LogP contribution in [0.2, 0.25) is 0 Å². The molecule has 2 N–H and O–H groups in total. The highest BCUT2D eigenvalue weighted by Crippen LogP contribution is 2.05. The molecule has 0 aliphatic rings. The SMILES string of the molecule is CC=CC=CC=CCCC=CC=CC(=O)NCC(C)(O)CC.